The number of aromatic nitrogens is 1. The van der Waals surface area contributed by atoms with Crippen LogP contribution < -0.4 is 10.9 Å². The summed E-state index contributed by atoms with van der Waals surface area (Å²) in [6.45, 7) is 2.08. The molecule has 0 saturated carbocycles. The Morgan fingerprint density at radius 3 is 2.97 bits per heavy atom. The third kappa shape index (κ3) is 4.74. The highest BCUT2D eigenvalue weighted by Gasteiger charge is 2.26. The Morgan fingerprint density at radius 2 is 2.17 bits per heavy atom. The quantitative estimate of drug-likeness (QED) is 0.152. The van der Waals surface area contributed by atoms with Crippen LogP contribution in [0.25, 0.3) is 27.8 Å². The molecule has 3 heterocycles. The smallest absolute Gasteiger partial charge is 0.345 e. The predicted molar refractivity (Wildman–Crippen MR) is 145 cm³/mol. The Labute approximate surface area is 223 Å². The Balaban J connectivity index is 1.46. The van der Waals surface area contributed by atoms with Gasteiger partial charge in [0, 0.05) is 26.3 Å². The number of fused-ring (bicyclic) bond motifs is 2. The monoisotopic (exact) mass is 581 g/mol. The minimum absolute atomic E-state index is 0.292. The average Bonchev–Trinajstić information content (AvgIpc) is 3.49. The highest BCUT2D eigenvalue weighted by Crippen LogP contribution is 2.39. The molecule has 10 heteroatoms. The number of thiophene rings is 1. The standard InChI is InChI=1S/C26H20BrN3O4S2/c1-2-33-26(32)22-17-5-3-4-6-21(17)36-24(22)29-12-15(11-28)23-30-19(13-35-23)18-10-14-9-16(27)7-8-20(14)34-25(18)31/h7-10,12-13,29H,2-6H2,1H3. The van der Waals surface area contributed by atoms with Gasteiger partial charge in [-0.15, -0.1) is 22.7 Å². The minimum atomic E-state index is -0.495. The van der Waals surface area contributed by atoms with Crippen molar-refractivity contribution in [1.29, 1.82) is 5.26 Å². The van der Waals surface area contributed by atoms with Gasteiger partial charge in [0.25, 0.3) is 0 Å². The minimum Gasteiger partial charge on any atom is -0.462 e. The van der Waals surface area contributed by atoms with E-state index < -0.39 is 5.63 Å². The zero-order valence-electron chi connectivity index (χ0n) is 19.2. The number of halogens is 1. The number of thiazole rings is 1. The van der Waals surface area contributed by atoms with Crippen LogP contribution in [-0.4, -0.2) is 17.6 Å². The van der Waals surface area contributed by atoms with E-state index in [1.807, 2.05) is 6.07 Å². The van der Waals surface area contributed by atoms with Crippen molar-refractivity contribution in [3.63, 3.8) is 0 Å². The fourth-order valence-electron chi connectivity index (χ4n) is 4.16. The molecule has 0 radical (unpaired) electrons. The zero-order valence-corrected chi connectivity index (χ0v) is 22.4. The summed E-state index contributed by atoms with van der Waals surface area (Å²) >= 11 is 6.21. The zero-order chi connectivity index (χ0) is 25.2. The summed E-state index contributed by atoms with van der Waals surface area (Å²) in [5, 5.41) is 16.6. The number of aryl methyl sites for hydroxylation is 1. The Kier molecular flexibility index (Phi) is 7.05. The van der Waals surface area contributed by atoms with Crippen LogP contribution in [0.2, 0.25) is 0 Å². The van der Waals surface area contributed by atoms with Crippen LogP contribution in [0.3, 0.4) is 0 Å². The normalized spacial score (nSPS) is 13.3. The molecule has 3 aromatic heterocycles. The molecule has 1 aliphatic rings. The van der Waals surface area contributed by atoms with Crippen LogP contribution in [0.5, 0.6) is 0 Å². The van der Waals surface area contributed by atoms with E-state index in [0.717, 1.165) is 41.1 Å². The van der Waals surface area contributed by atoms with Crippen molar-refractivity contribution in [3.05, 3.63) is 71.8 Å². The Bertz CT molecular complexity index is 1610. The SMILES string of the molecule is CCOC(=O)c1c(NC=C(C#N)c2nc(-c3cc4cc(Br)ccc4oc3=O)cs2)sc2c1CCCC2. The molecule has 0 aliphatic heterocycles. The maximum atomic E-state index is 12.7. The lowest BCUT2D eigenvalue weighted by Gasteiger charge is -2.12. The molecular weight excluding hydrogens is 562 g/mol. The molecule has 1 aliphatic carbocycles. The van der Waals surface area contributed by atoms with Gasteiger partial charge in [-0.1, -0.05) is 15.9 Å². The van der Waals surface area contributed by atoms with Gasteiger partial charge < -0.3 is 14.5 Å². The van der Waals surface area contributed by atoms with Gasteiger partial charge in [0.15, 0.2) is 0 Å². The second-order valence-electron chi connectivity index (χ2n) is 8.12. The number of nitrogens with zero attached hydrogens (tertiary/aromatic N) is 2. The topological polar surface area (TPSA) is 105 Å². The Hall–Kier alpha value is -3.26. The molecule has 1 aromatic carbocycles. The fourth-order valence-corrected chi connectivity index (χ4v) is 6.57. The largest absolute Gasteiger partial charge is 0.462 e. The molecule has 0 fully saturated rings. The van der Waals surface area contributed by atoms with Crippen molar-refractivity contribution in [2.24, 2.45) is 0 Å². The summed E-state index contributed by atoms with van der Waals surface area (Å²) in [5.74, 6) is -0.350. The van der Waals surface area contributed by atoms with E-state index in [0.29, 0.717) is 44.6 Å². The number of hydrogen-bond donors (Lipinski definition) is 1. The number of carbonyl (C=O) groups excluding carboxylic acids is 1. The molecule has 36 heavy (non-hydrogen) atoms. The summed E-state index contributed by atoms with van der Waals surface area (Å²) in [7, 11) is 0. The predicted octanol–water partition coefficient (Wildman–Crippen LogP) is 6.77. The van der Waals surface area contributed by atoms with Gasteiger partial charge in [0.2, 0.25) is 0 Å². The van der Waals surface area contributed by atoms with Crippen molar-refractivity contribution in [3.8, 4) is 17.3 Å². The van der Waals surface area contributed by atoms with Gasteiger partial charge in [-0.05, 0) is 62.4 Å². The van der Waals surface area contributed by atoms with Crippen molar-refractivity contribution in [1.82, 2.24) is 4.98 Å². The summed E-state index contributed by atoms with van der Waals surface area (Å²) < 4.78 is 11.6. The number of nitrogens with one attached hydrogen (secondary N) is 1. The molecular formula is C26H20BrN3O4S2. The second-order valence-corrected chi connectivity index (χ2v) is 11.0. The molecule has 4 aromatic rings. The van der Waals surface area contributed by atoms with Gasteiger partial charge in [-0.2, -0.15) is 5.26 Å². The highest BCUT2D eigenvalue weighted by molar-refractivity contribution is 9.10. The van der Waals surface area contributed by atoms with Crippen LogP contribution in [0.1, 0.15) is 45.6 Å². The molecule has 0 amide bonds. The van der Waals surface area contributed by atoms with Crippen LogP contribution >= 0.6 is 38.6 Å². The van der Waals surface area contributed by atoms with E-state index in [4.69, 9.17) is 9.15 Å². The first-order chi connectivity index (χ1) is 17.5. The lowest BCUT2D eigenvalue weighted by molar-refractivity contribution is 0.0526. The van der Waals surface area contributed by atoms with Crippen molar-refractivity contribution < 1.29 is 13.9 Å². The molecule has 0 saturated heterocycles. The van der Waals surface area contributed by atoms with Crippen LogP contribution in [0.15, 0.2) is 49.5 Å². The maximum absolute atomic E-state index is 12.7. The molecule has 7 nitrogen and oxygen atoms in total. The van der Waals surface area contributed by atoms with Crippen LogP contribution in [0, 0.1) is 11.3 Å². The van der Waals surface area contributed by atoms with E-state index in [9.17, 15) is 14.9 Å². The van der Waals surface area contributed by atoms with Gasteiger partial charge in [0.1, 0.15) is 27.2 Å². The molecule has 0 spiro atoms. The average molecular weight is 583 g/mol. The van der Waals surface area contributed by atoms with E-state index in [2.05, 4.69) is 32.3 Å². The first-order valence-corrected chi connectivity index (χ1v) is 13.9. The summed E-state index contributed by atoms with van der Waals surface area (Å²) in [6, 6.07) is 9.30. The third-order valence-electron chi connectivity index (χ3n) is 5.82. The number of nitriles is 1. The number of anilines is 1. The van der Waals surface area contributed by atoms with Crippen molar-refractivity contribution in [2.75, 3.05) is 11.9 Å². The van der Waals surface area contributed by atoms with Gasteiger partial charge in [-0.25, -0.2) is 14.6 Å². The molecule has 0 bridgehead atoms. The lowest BCUT2D eigenvalue weighted by atomic mass is 9.95. The molecule has 0 unspecified atom stereocenters. The summed E-state index contributed by atoms with van der Waals surface area (Å²) in [4.78, 5) is 31.0. The number of carbonyl (C=O) groups is 1. The number of benzene rings is 1. The number of ether oxygens (including phenoxy) is 1. The van der Waals surface area contributed by atoms with Gasteiger partial charge in [0.05, 0.1) is 23.4 Å². The van der Waals surface area contributed by atoms with Crippen molar-refractivity contribution >= 4 is 66.1 Å². The van der Waals surface area contributed by atoms with Crippen molar-refractivity contribution in [2.45, 2.75) is 32.6 Å². The second kappa shape index (κ2) is 10.4. The number of rotatable bonds is 6. The third-order valence-corrected chi connectivity index (χ3v) is 8.42. The summed E-state index contributed by atoms with van der Waals surface area (Å²) in [6.07, 6.45) is 5.47. The molecule has 0 atom stereocenters. The molecule has 182 valence electrons. The number of esters is 1. The first-order valence-electron chi connectivity index (χ1n) is 11.4. The fraction of sp³-hybridized carbons (Fsp3) is 0.231. The van der Waals surface area contributed by atoms with Crippen LogP contribution in [-0.2, 0) is 17.6 Å². The van der Waals surface area contributed by atoms with E-state index in [1.165, 1.54) is 27.6 Å². The van der Waals surface area contributed by atoms with Gasteiger partial charge >= 0.3 is 11.6 Å². The number of hydrogen-bond acceptors (Lipinski definition) is 9. The maximum Gasteiger partial charge on any atom is 0.345 e. The Morgan fingerprint density at radius 1 is 1.33 bits per heavy atom. The molecule has 5 rings (SSSR count). The number of allylic oxidation sites excluding steroid dienone is 1. The van der Waals surface area contributed by atoms with E-state index >= 15 is 0 Å². The summed E-state index contributed by atoms with van der Waals surface area (Å²) in [5.41, 5.74) is 2.65. The lowest BCUT2D eigenvalue weighted by Crippen LogP contribution is -2.10. The highest BCUT2D eigenvalue weighted by atomic mass is 79.9. The van der Waals surface area contributed by atoms with E-state index in [-0.39, 0.29) is 5.97 Å². The van der Waals surface area contributed by atoms with Crippen LogP contribution in [0.4, 0.5) is 5.00 Å². The van der Waals surface area contributed by atoms with E-state index in [1.54, 1.807) is 36.7 Å². The first kappa shape index (κ1) is 24.4. The van der Waals surface area contributed by atoms with Gasteiger partial charge in [-0.3, -0.25) is 0 Å². The molecule has 1 N–H and O–H groups in total.